The van der Waals surface area contributed by atoms with Crippen molar-refractivity contribution >= 4 is 11.8 Å². The number of nitrogens with zero attached hydrogens (tertiary/aromatic N) is 2. The molecule has 1 aliphatic rings. The zero-order valence-corrected chi connectivity index (χ0v) is 13.8. The fourth-order valence-electron chi connectivity index (χ4n) is 2.31. The van der Waals surface area contributed by atoms with Gasteiger partial charge in [0.1, 0.15) is 5.60 Å². The average molecular weight is 322 g/mol. The van der Waals surface area contributed by atoms with E-state index in [1.54, 1.807) is 20.8 Å². The normalized spacial score (nSPS) is 18.1. The lowest BCUT2D eigenvalue weighted by Crippen LogP contribution is -2.49. The molecule has 0 unspecified atom stereocenters. The Labute approximate surface area is 134 Å². The van der Waals surface area contributed by atoms with E-state index in [1.165, 1.54) is 18.1 Å². The van der Waals surface area contributed by atoms with Crippen LogP contribution in [0.2, 0.25) is 0 Å². The molecule has 0 aliphatic carbocycles. The molecule has 2 N–H and O–H groups in total. The Hall–Kier alpha value is -2.22. The molecule has 1 aromatic rings. The molecule has 0 radical (unpaired) electrons. The molecule has 2 rings (SSSR count). The third-order valence-electron chi connectivity index (χ3n) is 4.00. The lowest BCUT2D eigenvalue weighted by molar-refractivity contribution is -0.140. The standard InChI is InChI=1S/C15H22N4O4/c1-9-7-11(20)12(18-17-9)13(21)19-6-5-10(8-19)16-14(22)15(2,3)23-4/h7,10H,5-6,8H2,1-4H3,(H,16,22)(H,17,20)/t10-/m1/s1. The fraction of sp³-hybridized carbons (Fsp3) is 0.600. The molecule has 0 bridgehead atoms. The summed E-state index contributed by atoms with van der Waals surface area (Å²) in [6.45, 7) is 5.86. The van der Waals surface area contributed by atoms with Crippen LogP contribution in [0.15, 0.2) is 10.9 Å². The number of amides is 2. The van der Waals surface area contributed by atoms with Crippen molar-refractivity contribution in [2.24, 2.45) is 0 Å². The molecule has 1 saturated heterocycles. The quantitative estimate of drug-likeness (QED) is 0.801. The highest BCUT2D eigenvalue weighted by atomic mass is 16.5. The Bertz CT molecular complexity index is 668. The summed E-state index contributed by atoms with van der Waals surface area (Å²) in [4.78, 5) is 37.8. The van der Waals surface area contributed by atoms with Gasteiger partial charge < -0.3 is 15.0 Å². The van der Waals surface area contributed by atoms with Crippen LogP contribution in [-0.2, 0) is 9.53 Å². The number of aryl methyl sites for hydroxylation is 1. The Morgan fingerprint density at radius 2 is 2.17 bits per heavy atom. The number of carbonyl (C=O) groups is 2. The lowest BCUT2D eigenvalue weighted by atomic mass is 10.1. The molecule has 23 heavy (non-hydrogen) atoms. The van der Waals surface area contributed by atoms with Crippen molar-refractivity contribution in [2.45, 2.75) is 38.8 Å². The summed E-state index contributed by atoms with van der Waals surface area (Å²) in [5.74, 6) is -0.653. The summed E-state index contributed by atoms with van der Waals surface area (Å²) < 4.78 is 5.13. The predicted octanol–water partition coefficient (Wildman–Crippen LogP) is -0.166. The van der Waals surface area contributed by atoms with Gasteiger partial charge in [-0.1, -0.05) is 0 Å². The molecule has 126 valence electrons. The van der Waals surface area contributed by atoms with Crippen molar-refractivity contribution in [2.75, 3.05) is 20.2 Å². The second-order valence-electron chi connectivity index (χ2n) is 6.19. The highest BCUT2D eigenvalue weighted by molar-refractivity contribution is 5.92. The van der Waals surface area contributed by atoms with Crippen molar-refractivity contribution in [3.05, 3.63) is 27.7 Å². The van der Waals surface area contributed by atoms with Crippen LogP contribution in [0.4, 0.5) is 0 Å². The van der Waals surface area contributed by atoms with Gasteiger partial charge in [-0.3, -0.25) is 19.5 Å². The molecular weight excluding hydrogens is 300 g/mol. The van der Waals surface area contributed by atoms with Gasteiger partial charge >= 0.3 is 0 Å². The Morgan fingerprint density at radius 1 is 1.48 bits per heavy atom. The van der Waals surface area contributed by atoms with Gasteiger partial charge in [0.25, 0.3) is 11.8 Å². The minimum Gasteiger partial charge on any atom is -0.369 e. The molecule has 0 saturated carbocycles. The number of nitrogens with one attached hydrogen (secondary N) is 2. The van der Waals surface area contributed by atoms with Crippen molar-refractivity contribution < 1.29 is 14.3 Å². The van der Waals surface area contributed by atoms with Gasteiger partial charge in [0.05, 0.1) is 0 Å². The van der Waals surface area contributed by atoms with Crippen molar-refractivity contribution in [3.8, 4) is 0 Å². The molecule has 1 aromatic heterocycles. The molecule has 0 spiro atoms. The van der Waals surface area contributed by atoms with Gasteiger partial charge in [-0.25, -0.2) is 0 Å². The highest BCUT2D eigenvalue weighted by Crippen LogP contribution is 2.14. The summed E-state index contributed by atoms with van der Waals surface area (Å²) in [7, 11) is 1.47. The van der Waals surface area contributed by atoms with Crippen molar-refractivity contribution in [1.82, 2.24) is 20.4 Å². The van der Waals surface area contributed by atoms with E-state index in [0.29, 0.717) is 25.2 Å². The fourth-order valence-corrected chi connectivity index (χ4v) is 2.31. The summed E-state index contributed by atoms with van der Waals surface area (Å²) >= 11 is 0. The first-order chi connectivity index (χ1) is 10.7. The lowest BCUT2D eigenvalue weighted by Gasteiger charge is -2.24. The van der Waals surface area contributed by atoms with E-state index >= 15 is 0 Å². The van der Waals surface area contributed by atoms with Gasteiger partial charge in [-0.2, -0.15) is 5.10 Å². The minimum absolute atomic E-state index is 0.125. The number of ether oxygens (including phenoxy) is 1. The van der Waals surface area contributed by atoms with Crippen LogP contribution in [0, 0.1) is 6.92 Å². The maximum Gasteiger partial charge on any atom is 0.278 e. The van der Waals surface area contributed by atoms with Crippen LogP contribution in [0.3, 0.4) is 0 Å². The maximum atomic E-state index is 12.4. The molecule has 1 atom stereocenters. The van der Waals surface area contributed by atoms with Crippen LogP contribution in [-0.4, -0.2) is 58.8 Å². The third kappa shape index (κ3) is 3.76. The van der Waals surface area contributed by atoms with E-state index in [9.17, 15) is 14.4 Å². The zero-order chi connectivity index (χ0) is 17.2. The number of aromatic amines is 1. The topological polar surface area (TPSA) is 104 Å². The van der Waals surface area contributed by atoms with Gasteiger partial charge in [-0.15, -0.1) is 0 Å². The Morgan fingerprint density at radius 3 is 2.78 bits per heavy atom. The number of likely N-dealkylation sites (tertiary alicyclic amines) is 1. The van der Waals surface area contributed by atoms with Crippen molar-refractivity contribution in [3.63, 3.8) is 0 Å². The monoisotopic (exact) mass is 322 g/mol. The molecule has 8 heteroatoms. The van der Waals surface area contributed by atoms with E-state index in [0.717, 1.165) is 0 Å². The number of H-pyrrole nitrogens is 1. The number of methoxy groups -OCH3 is 1. The summed E-state index contributed by atoms with van der Waals surface area (Å²) in [5.41, 5.74) is -0.855. The second kappa shape index (κ2) is 6.49. The van der Waals surface area contributed by atoms with E-state index in [2.05, 4.69) is 15.5 Å². The molecular formula is C15H22N4O4. The number of hydrogen-bond donors (Lipinski definition) is 2. The van der Waals surface area contributed by atoms with Crippen LogP contribution < -0.4 is 10.7 Å². The number of hydrogen-bond acceptors (Lipinski definition) is 5. The van der Waals surface area contributed by atoms with Gasteiger partial charge in [0.15, 0.2) is 5.69 Å². The molecule has 2 amide bonds. The SMILES string of the molecule is COC(C)(C)C(=O)N[C@@H]1CCN(C(=O)c2n[nH]c(C)cc2=O)C1. The van der Waals surface area contributed by atoms with Crippen LogP contribution >= 0.6 is 0 Å². The third-order valence-corrected chi connectivity index (χ3v) is 4.00. The minimum atomic E-state index is -0.924. The second-order valence-corrected chi connectivity index (χ2v) is 6.19. The van der Waals surface area contributed by atoms with Crippen LogP contribution in [0.1, 0.15) is 36.5 Å². The number of carbonyl (C=O) groups excluding carboxylic acids is 2. The number of aromatic nitrogens is 2. The van der Waals surface area contributed by atoms with Gasteiger partial charge in [-0.05, 0) is 27.2 Å². The van der Waals surface area contributed by atoms with E-state index in [4.69, 9.17) is 4.74 Å². The first-order valence-corrected chi connectivity index (χ1v) is 7.46. The maximum absolute atomic E-state index is 12.4. The highest BCUT2D eigenvalue weighted by Gasteiger charge is 2.33. The Kier molecular flexibility index (Phi) is 4.84. The first kappa shape index (κ1) is 17.1. The average Bonchev–Trinajstić information content (AvgIpc) is 2.95. The van der Waals surface area contributed by atoms with E-state index in [1.807, 2.05) is 0 Å². The molecule has 0 aromatic carbocycles. The van der Waals surface area contributed by atoms with Crippen molar-refractivity contribution in [1.29, 1.82) is 0 Å². The predicted molar refractivity (Wildman–Crippen MR) is 83.1 cm³/mol. The largest absolute Gasteiger partial charge is 0.369 e. The smallest absolute Gasteiger partial charge is 0.278 e. The first-order valence-electron chi connectivity index (χ1n) is 7.46. The number of rotatable bonds is 4. The molecule has 2 heterocycles. The van der Waals surface area contributed by atoms with Crippen LogP contribution in [0.25, 0.3) is 0 Å². The molecule has 1 fully saturated rings. The Balaban J connectivity index is 2.01. The van der Waals surface area contributed by atoms with E-state index < -0.39 is 16.9 Å². The van der Waals surface area contributed by atoms with Gasteiger partial charge in [0.2, 0.25) is 5.43 Å². The van der Waals surface area contributed by atoms with E-state index in [-0.39, 0.29) is 17.6 Å². The zero-order valence-electron chi connectivity index (χ0n) is 13.8. The van der Waals surface area contributed by atoms with Crippen LogP contribution in [0.5, 0.6) is 0 Å². The summed E-state index contributed by atoms with van der Waals surface area (Å²) in [6.07, 6.45) is 0.626. The molecule has 8 nitrogen and oxygen atoms in total. The van der Waals surface area contributed by atoms with Gasteiger partial charge in [0, 0.05) is 38.0 Å². The summed E-state index contributed by atoms with van der Waals surface area (Å²) in [6, 6.07) is 1.18. The molecule has 1 aliphatic heterocycles. The summed E-state index contributed by atoms with van der Waals surface area (Å²) in [5, 5.41) is 9.32.